The minimum atomic E-state index is -3.79. The number of fused-ring (bicyclic) bond motifs is 1. The van der Waals surface area contributed by atoms with E-state index in [1.165, 1.54) is 11.4 Å². The van der Waals surface area contributed by atoms with E-state index < -0.39 is 21.7 Å². The number of aromatic amines is 1. The number of β-amino-alcohol motifs (C(OH)–C–C–N with tert-alkyl or cyclic N) is 1. The van der Waals surface area contributed by atoms with E-state index >= 15 is 0 Å². The van der Waals surface area contributed by atoms with Gasteiger partial charge in [0.1, 0.15) is 0 Å². The first-order valence-electron chi connectivity index (χ1n) is 10.4. The van der Waals surface area contributed by atoms with Crippen LogP contribution in [0.4, 0.5) is 5.69 Å². The number of H-pyrrole nitrogens is 1. The molecule has 2 aromatic carbocycles. The van der Waals surface area contributed by atoms with E-state index in [9.17, 15) is 18.6 Å². The van der Waals surface area contributed by atoms with Crippen LogP contribution in [-0.4, -0.2) is 66.3 Å². The molecule has 0 radical (unpaired) electrons. The van der Waals surface area contributed by atoms with Gasteiger partial charge in [-0.05, 0) is 50.6 Å². The van der Waals surface area contributed by atoms with Gasteiger partial charge in [0.15, 0.2) is 0 Å². The van der Waals surface area contributed by atoms with Crippen molar-refractivity contribution in [1.29, 1.82) is 0 Å². The summed E-state index contributed by atoms with van der Waals surface area (Å²) in [6, 6.07) is 15.0. The fourth-order valence-corrected chi connectivity index (χ4v) is 5.51. The fraction of sp³-hybridized carbons (Fsp3) is 0.391. The van der Waals surface area contributed by atoms with E-state index in [4.69, 9.17) is 0 Å². The van der Waals surface area contributed by atoms with Crippen LogP contribution in [0, 0.1) is 0 Å². The lowest BCUT2D eigenvalue weighted by molar-refractivity contribution is 0.0640. The molecule has 4 rings (SSSR count). The number of hydrogen-bond donors (Lipinski definition) is 3. The predicted octanol–water partition coefficient (Wildman–Crippen LogP) is 2.80. The summed E-state index contributed by atoms with van der Waals surface area (Å²) in [7, 11) is -2.32. The molecule has 0 bridgehead atoms. The topological polar surface area (TPSA) is 96.9 Å². The molecular weight excluding hydrogens is 414 g/mol. The molecule has 1 aromatic heterocycles. The second-order valence-corrected chi connectivity index (χ2v) is 11.0. The first kappa shape index (κ1) is 21.8. The highest BCUT2D eigenvalue weighted by atomic mass is 32.2. The van der Waals surface area contributed by atoms with Crippen molar-refractivity contribution in [2.45, 2.75) is 36.9 Å². The number of nitrogens with zero attached hydrogens (tertiary/aromatic N) is 2. The summed E-state index contributed by atoms with van der Waals surface area (Å²) in [6.07, 6.45) is 0.289. The van der Waals surface area contributed by atoms with E-state index in [0.717, 1.165) is 27.8 Å². The van der Waals surface area contributed by atoms with E-state index in [-0.39, 0.29) is 11.4 Å². The number of likely N-dealkylation sites (N-methyl/N-ethyl adjacent to an activating group) is 1. The number of rotatable bonds is 6. The maximum absolute atomic E-state index is 13.2. The summed E-state index contributed by atoms with van der Waals surface area (Å²) in [5.41, 5.74) is 2.29. The van der Waals surface area contributed by atoms with Crippen LogP contribution in [-0.2, 0) is 10.0 Å². The number of anilines is 1. The highest BCUT2D eigenvalue weighted by Crippen LogP contribution is 2.36. The highest BCUT2D eigenvalue weighted by Gasteiger charge is 2.29. The maximum atomic E-state index is 13.2. The van der Waals surface area contributed by atoms with Crippen LogP contribution in [0.5, 0.6) is 0 Å². The monoisotopic (exact) mass is 443 g/mol. The van der Waals surface area contributed by atoms with Crippen LogP contribution in [0.15, 0.2) is 53.4 Å². The van der Waals surface area contributed by atoms with Crippen molar-refractivity contribution in [3.8, 4) is 11.3 Å². The Balaban J connectivity index is 1.82. The molecule has 1 aliphatic rings. The number of nitrogens with one attached hydrogen (secondary N) is 1. The van der Waals surface area contributed by atoms with E-state index in [0.29, 0.717) is 19.5 Å². The van der Waals surface area contributed by atoms with E-state index in [1.807, 2.05) is 36.4 Å². The van der Waals surface area contributed by atoms with Crippen molar-refractivity contribution in [3.63, 3.8) is 0 Å². The molecule has 166 valence electrons. The first-order chi connectivity index (χ1) is 14.5. The van der Waals surface area contributed by atoms with Crippen LogP contribution in [0.1, 0.15) is 20.3 Å². The Hall–Kier alpha value is -2.39. The lowest BCUT2D eigenvalue weighted by Gasteiger charge is -2.26. The Morgan fingerprint density at radius 2 is 1.94 bits per heavy atom. The van der Waals surface area contributed by atoms with Crippen molar-refractivity contribution in [2.75, 3.05) is 31.6 Å². The molecule has 1 aliphatic heterocycles. The van der Waals surface area contributed by atoms with Crippen molar-refractivity contribution >= 4 is 26.6 Å². The summed E-state index contributed by atoms with van der Waals surface area (Å²) >= 11 is 0. The Morgan fingerprint density at radius 1 is 1.19 bits per heavy atom. The van der Waals surface area contributed by atoms with E-state index in [2.05, 4.69) is 9.88 Å². The van der Waals surface area contributed by atoms with E-state index in [1.54, 1.807) is 26.0 Å². The van der Waals surface area contributed by atoms with Gasteiger partial charge in [0.05, 0.1) is 16.6 Å². The van der Waals surface area contributed by atoms with Crippen molar-refractivity contribution in [3.05, 3.63) is 48.5 Å². The molecule has 1 fully saturated rings. The molecule has 8 heteroatoms. The van der Waals surface area contributed by atoms with Crippen molar-refractivity contribution < 1.29 is 18.6 Å². The standard InChI is InChI=1S/C23H29N3O4S/c1-23(2,28)15-25(3)31(29,30)18-8-9-22(26-11-10-17(27)14-26)19(13-18)21-12-16-6-4-5-7-20(16)24-21/h4-9,12-13,17,24,27-28H,10-11,14-15H2,1-3H3/t17-/m0/s1. The fourth-order valence-electron chi connectivity index (χ4n) is 4.16. The number of para-hydroxylation sites is 1. The molecule has 1 atom stereocenters. The van der Waals surface area contributed by atoms with Crippen LogP contribution in [0.3, 0.4) is 0 Å². The van der Waals surface area contributed by atoms with Gasteiger partial charge in [-0.15, -0.1) is 0 Å². The molecular formula is C23H29N3O4S. The molecule has 3 N–H and O–H groups in total. The minimum Gasteiger partial charge on any atom is -0.391 e. The third-order valence-electron chi connectivity index (χ3n) is 5.61. The number of sulfonamides is 1. The zero-order valence-corrected chi connectivity index (χ0v) is 18.9. The quantitative estimate of drug-likeness (QED) is 0.544. The van der Waals surface area contributed by atoms with Gasteiger partial charge >= 0.3 is 0 Å². The van der Waals surface area contributed by atoms with Crippen molar-refractivity contribution in [1.82, 2.24) is 9.29 Å². The zero-order valence-electron chi connectivity index (χ0n) is 18.0. The first-order valence-corrected chi connectivity index (χ1v) is 11.8. The maximum Gasteiger partial charge on any atom is 0.242 e. The van der Waals surface area contributed by atoms with Crippen molar-refractivity contribution in [2.24, 2.45) is 0 Å². The number of hydrogen-bond acceptors (Lipinski definition) is 5. The average Bonchev–Trinajstić information content (AvgIpc) is 3.32. The lowest BCUT2D eigenvalue weighted by atomic mass is 10.1. The molecule has 2 heterocycles. The number of aromatic nitrogens is 1. The molecule has 0 unspecified atom stereocenters. The lowest BCUT2D eigenvalue weighted by Crippen LogP contribution is -2.39. The number of benzene rings is 2. The Kier molecular flexibility index (Phi) is 5.59. The van der Waals surface area contributed by atoms with Crippen LogP contribution in [0.25, 0.3) is 22.2 Å². The van der Waals surface area contributed by atoms with Gasteiger partial charge in [0.25, 0.3) is 0 Å². The molecule has 0 saturated carbocycles. The molecule has 0 aliphatic carbocycles. The molecule has 1 saturated heterocycles. The average molecular weight is 444 g/mol. The van der Waals surface area contributed by atoms with Crippen LogP contribution in [0.2, 0.25) is 0 Å². The Morgan fingerprint density at radius 3 is 2.58 bits per heavy atom. The summed E-state index contributed by atoms with van der Waals surface area (Å²) in [6.45, 7) is 4.36. The normalized spacial score (nSPS) is 17.7. The minimum absolute atomic E-state index is 0.0167. The molecule has 7 nitrogen and oxygen atoms in total. The molecule has 0 amide bonds. The smallest absolute Gasteiger partial charge is 0.242 e. The SMILES string of the molecule is CN(CC(C)(C)O)S(=O)(=O)c1ccc(N2CC[C@H](O)C2)c(-c2cc3ccccc3[nH]2)c1. The summed E-state index contributed by atoms with van der Waals surface area (Å²) in [4.78, 5) is 5.64. The number of aliphatic hydroxyl groups excluding tert-OH is 1. The summed E-state index contributed by atoms with van der Waals surface area (Å²) in [5, 5.41) is 21.1. The summed E-state index contributed by atoms with van der Waals surface area (Å²) < 4.78 is 27.6. The molecule has 31 heavy (non-hydrogen) atoms. The highest BCUT2D eigenvalue weighted by molar-refractivity contribution is 7.89. The van der Waals surface area contributed by atoms with Gasteiger partial charge in [-0.3, -0.25) is 0 Å². The van der Waals surface area contributed by atoms with Gasteiger partial charge in [-0.25, -0.2) is 8.42 Å². The molecule has 0 spiro atoms. The third-order valence-corrected chi connectivity index (χ3v) is 7.41. The number of aliphatic hydroxyl groups is 2. The Bertz CT molecular complexity index is 1160. The largest absolute Gasteiger partial charge is 0.391 e. The van der Waals surface area contributed by atoms with Gasteiger partial charge in [-0.1, -0.05) is 18.2 Å². The third kappa shape index (κ3) is 4.48. The van der Waals surface area contributed by atoms with Gasteiger partial charge < -0.3 is 20.1 Å². The second kappa shape index (κ2) is 7.94. The second-order valence-electron chi connectivity index (χ2n) is 8.91. The van der Waals surface area contributed by atoms with Gasteiger partial charge in [-0.2, -0.15) is 4.31 Å². The van der Waals surface area contributed by atoms with Gasteiger partial charge in [0, 0.05) is 54.5 Å². The molecule has 3 aromatic rings. The Labute approximate surface area is 183 Å². The zero-order chi connectivity index (χ0) is 22.4. The summed E-state index contributed by atoms with van der Waals surface area (Å²) in [5.74, 6) is 0. The van der Waals surface area contributed by atoms with Gasteiger partial charge in [0.2, 0.25) is 10.0 Å². The van der Waals surface area contributed by atoms with Crippen LogP contribution < -0.4 is 4.90 Å². The van der Waals surface area contributed by atoms with Crippen LogP contribution >= 0.6 is 0 Å². The predicted molar refractivity (Wildman–Crippen MR) is 123 cm³/mol.